The number of amides is 1. The molecule has 18 heavy (non-hydrogen) atoms. The topological polar surface area (TPSA) is 32.3 Å². The van der Waals surface area contributed by atoms with E-state index in [0.717, 1.165) is 25.9 Å². The van der Waals surface area contributed by atoms with Crippen LogP contribution in [0.15, 0.2) is 24.3 Å². The molecule has 1 aliphatic rings. The number of aryl methyl sites for hydroxylation is 2. The smallest absolute Gasteiger partial charge is 0.222 e. The molecule has 1 amide bonds. The minimum absolute atomic E-state index is 0.288. The van der Waals surface area contributed by atoms with Crippen LogP contribution in [0.4, 0.5) is 0 Å². The van der Waals surface area contributed by atoms with Gasteiger partial charge in [0.15, 0.2) is 0 Å². The third-order valence-corrected chi connectivity index (χ3v) is 3.82. The Bertz CT molecular complexity index is 417. The lowest BCUT2D eigenvalue weighted by Crippen LogP contribution is -2.33. The van der Waals surface area contributed by atoms with Crippen molar-refractivity contribution in [3.63, 3.8) is 0 Å². The van der Waals surface area contributed by atoms with Crippen molar-refractivity contribution in [2.75, 3.05) is 20.1 Å². The molecule has 1 fully saturated rings. The summed E-state index contributed by atoms with van der Waals surface area (Å²) in [6, 6.07) is 8.78. The van der Waals surface area contributed by atoms with Crippen molar-refractivity contribution in [3.05, 3.63) is 35.4 Å². The molecule has 1 aliphatic heterocycles. The SMILES string of the molecule is CNC1CCN(C(=O)CCc2ccccc2C)C1. The van der Waals surface area contributed by atoms with Gasteiger partial charge in [0.25, 0.3) is 0 Å². The Kier molecular flexibility index (Phi) is 4.37. The zero-order chi connectivity index (χ0) is 13.0. The van der Waals surface area contributed by atoms with Crippen molar-refractivity contribution in [3.8, 4) is 0 Å². The summed E-state index contributed by atoms with van der Waals surface area (Å²) in [5.41, 5.74) is 2.56. The predicted molar refractivity (Wildman–Crippen MR) is 73.5 cm³/mol. The molecule has 0 aromatic heterocycles. The quantitative estimate of drug-likeness (QED) is 0.878. The Labute approximate surface area is 109 Å². The maximum absolute atomic E-state index is 12.1. The van der Waals surface area contributed by atoms with Crippen LogP contribution in [0.5, 0.6) is 0 Å². The van der Waals surface area contributed by atoms with Gasteiger partial charge in [-0.15, -0.1) is 0 Å². The Morgan fingerprint density at radius 1 is 1.44 bits per heavy atom. The second-order valence-corrected chi connectivity index (χ2v) is 5.04. The molecule has 3 nitrogen and oxygen atoms in total. The highest BCUT2D eigenvalue weighted by Crippen LogP contribution is 2.14. The number of benzene rings is 1. The highest BCUT2D eigenvalue weighted by Gasteiger charge is 2.24. The fourth-order valence-electron chi connectivity index (χ4n) is 2.51. The molecule has 3 heteroatoms. The van der Waals surface area contributed by atoms with E-state index in [2.05, 4.69) is 24.4 Å². The molecular weight excluding hydrogens is 224 g/mol. The van der Waals surface area contributed by atoms with Crippen molar-refractivity contribution < 1.29 is 4.79 Å². The van der Waals surface area contributed by atoms with Crippen molar-refractivity contribution in [1.29, 1.82) is 0 Å². The van der Waals surface area contributed by atoms with Crippen molar-refractivity contribution in [2.45, 2.75) is 32.2 Å². The second-order valence-electron chi connectivity index (χ2n) is 5.04. The number of rotatable bonds is 4. The van der Waals surface area contributed by atoms with Crippen LogP contribution in [0.2, 0.25) is 0 Å². The lowest BCUT2D eigenvalue weighted by atomic mass is 10.0. The van der Waals surface area contributed by atoms with Gasteiger partial charge in [0.2, 0.25) is 5.91 Å². The van der Waals surface area contributed by atoms with Gasteiger partial charge in [0.05, 0.1) is 0 Å². The molecule has 0 saturated carbocycles. The van der Waals surface area contributed by atoms with Crippen LogP contribution >= 0.6 is 0 Å². The van der Waals surface area contributed by atoms with Crippen LogP contribution in [0.3, 0.4) is 0 Å². The van der Waals surface area contributed by atoms with E-state index in [4.69, 9.17) is 0 Å². The fourth-order valence-corrected chi connectivity index (χ4v) is 2.51. The van der Waals surface area contributed by atoms with E-state index in [1.54, 1.807) is 0 Å². The van der Waals surface area contributed by atoms with E-state index < -0.39 is 0 Å². The molecular formula is C15H22N2O. The molecule has 1 aromatic carbocycles. The minimum Gasteiger partial charge on any atom is -0.341 e. The molecule has 1 unspecified atom stereocenters. The third-order valence-electron chi connectivity index (χ3n) is 3.82. The van der Waals surface area contributed by atoms with Crippen LogP contribution in [0, 0.1) is 6.92 Å². The van der Waals surface area contributed by atoms with E-state index in [1.165, 1.54) is 11.1 Å². The van der Waals surface area contributed by atoms with Crippen LogP contribution in [0.1, 0.15) is 24.0 Å². The lowest BCUT2D eigenvalue weighted by molar-refractivity contribution is -0.130. The van der Waals surface area contributed by atoms with Gasteiger partial charge in [0, 0.05) is 25.6 Å². The summed E-state index contributed by atoms with van der Waals surface area (Å²) in [5, 5.41) is 3.24. The number of nitrogens with zero attached hydrogens (tertiary/aromatic N) is 1. The highest BCUT2D eigenvalue weighted by molar-refractivity contribution is 5.76. The van der Waals surface area contributed by atoms with E-state index >= 15 is 0 Å². The molecule has 0 bridgehead atoms. The Morgan fingerprint density at radius 3 is 2.89 bits per heavy atom. The van der Waals surface area contributed by atoms with Crippen LogP contribution in [-0.2, 0) is 11.2 Å². The first-order valence-corrected chi connectivity index (χ1v) is 6.70. The summed E-state index contributed by atoms with van der Waals surface area (Å²) in [5.74, 6) is 0.288. The van der Waals surface area contributed by atoms with Crippen molar-refractivity contribution >= 4 is 5.91 Å². The van der Waals surface area contributed by atoms with E-state index in [0.29, 0.717) is 12.5 Å². The van der Waals surface area contributed by atoms with Gasteiger partial charge in [-0.25, -0.2) is 0 Å². The zero-order valence-electron chi connectivity index (χ0n) is 11.3. The molecule has 1 aromatic rings. The van der Waals surface area contributed by atoms with E-state index in [-0.39, 0.29) is 5.91 Å². The van der Waals surface area contributed by atoms with Gasteiger partial charge in [-0.1, -0.05) is 24.3 Å². The van der Waals surface area contributed by atoms with E-state index in [9.17, 15) is 4.79 Å². The molecule has 98 valence electrons. The van der Waals surface area contributed by atoms with Crippen molar-refractivity contribution in [1.82, 2.24) is 10.2 Å². The number of carbonyl (C=O) groups is 1. The number of likely N-dealkylation sites (tertiary alicyclic amines) is 1. The minimum atomic E-state index is 0.288. The first-order valence-electron chi connectivity index (χ1n) is 6.70. The molecule has 1 N–H and O–H groups in total. The Hall–Kier alpha value is -1.35. The van der Waals surface area contributed by atoms with Crippen molar-refractivity contribution in [2.24, 2.45) is 0 Å². The summed E-state index contributed by atoms with van der Waals surface area (Å²) < 4.78 is 0. The molecule has 1 saturated heterocycles. The van der Waals surface area contributed by atoms with Gasteiger partial charge in [0.1, 0.15) is 0 Å². The number of hydrogen-bond acceptors (Lipinski definition) is 2. The maximum Gasteiger partial charge on any atom is 0.222 e. The summed E-state index contributed by atoms with van der Waals surface area (Å²) in [6.07, 6.45) is 2.56. The Morgan fingerprint density at radius 2 is 2.22 bits per heavy atom. The lowest BCUT2D eigenvalue weighted by Gasteiger charge is -2.16. The molecule has 2 rings (SSSR count). The second kappa shape index (κ2) is 6.01. The number of carbonyl (C=O) groups excluding carboxylic acids is 1. The standard InChI is InChI=1S/C15H22N2O/c1-12-5-3-4-6-13(12)7-8-15(18)17-10-9-14(11-17)16-2/h3-6,14,16H,7-11H2,1-2H3. The van der Waals surface area contributed by atoms with Crippen LogP contribution in [-0.4, -0.2) is 37.0 Å². The van der Waals surface area contributed by atoms with Crippen LogP contribution in [0.25, 0.3) is 0 Å². The highest BCUT2D eigenvalue weighted by atomic mass is 16.2. The zero-order valence-corrected chi connectivity index (χ0v) is 11.3. The van der Waals surface area contributed by atoms with Gasteiger partial charge >= 0.3 is 0 Å². The summed E-state index contributed by atoms with van der Waals surface area (Å²) in [4.78, 5) is 14.1. The normalized spacial score (nSPS) is 19.2. The molecule has 0 radical (unpaired) electrons. The number of hydrogen-bond donors (Lipinski definition) is 1. The average Bonchev–Trinajstić information content (AvgIpc) is 2.86. The van der Waals surface area contributed by atoms with Gasteiger partial charge in [-0.2, -0.15) is 0 Å². The first kappa shape index (κ1) is 13.1. The average molecular weight is 246 g/mol. The van der Waals surface area contributed by atoms with E-state index in [1.807, 2.05) is 24.1 Å². The van der Waals surface area contributed by atoms with Gasteiger partial charge in [-0.05, 0) is 37.9 Å². The Balaban J connectivity index is 1.84. The first-order chi connectivity index (χ1) is 8.70. The van der Waals surface area contributed by atoms with Gasteiger partial charge < -0.3 is 10.2 Å². The molecule has 1 heterocycles. The molecule has 1 atom stereocenters. The summed E-state index contributed by atoms with van der Waals surface area (Å²) in [6.45, 7) is 3.87. The maximum atomic E-state index is 12.1. The third kappa shape index (κ3) is 3.10. The summed E-state index contributed by atoms with van der Waals surface area (Å²) in [7, 11) is 1.96. The summed E-state index contributed by atoms with van der Waals surface area (Å²) >= 11 is 0. The monoisotopic (exact) mass is 246 g/mol. The molecule has 0 spiro atoms. The number of likely N-dealkylation sites (N-methyl/N-ethyl adjacent to an activating group) is 1. The van der Waals surface area contributed by atoms with Gasteiger partial charge in [-0.3, -0.25) is 4.79 Å². The largest absolute Gasteiger partial charge is 0.341 e. The number of nitrogens with one attached hydrogen (secondary N) is 1. The predicted octanol–water partition coefficient (Wildman–Crippen LogP) is 1.75. The van der Waals surface area contributed by atoms with Crippen LogP contribution < -0.4 is 5.32 Å². The molecule has 0 aliphatic carbocycles. The fraction of sp³-hybridized carbons (Fsp3) is 0.533.